The Bertz CT molecular complexity index is 2640. The van der Waals surface area contributed by atoms with Crippen LogP contribution in [0.15, 0.2) is 125 Å². The first-order valence-electron chi connectivity index (χ1n) is 24.3. The number of sulfonamides is 1. The monoisotopic (exact) mass is 994 g/mol. The van der Waals surface area contributed by atoms with E-state index in [1.165, 1.54) is 37.6 Å². The van der Waals surface area contributed by atoms with E-state index in [0.29, 0.717) is 72.9 Å². The average Bonchev–Trinajstić information content (AvgIpc) is 3.36. The molecule has 0 aromatic heterocycles. The minimum absolute atomic E-state index is 0.00249. The van der Waals surface area contributed by atoms with Gasteiger partial charge in [0, 0.05) is 56.3 Å². The van der Waals surface area contributed by atoms with Crippen LogP contribution in [0, 0.1) is 17.8 Å². The highest BCUT2D eigenvalue weighted by Gasteiger charge is 2.66. The van der Waals surface area contributed by atoms with Crippen molar-refractivity contribution in [3.05, 3.63) is 126 Å². The van der Waals surface area contributed by atoms with Crippen molar-refractivity contribution < 1.29 is 56.7 Å². The van der Waals surface area contributed by atoms with E-state index in [0.717, 1.165) is 23.1 Å². The SMILES string of the molecule is C=CCO[C@@]12Oc3ccc(OC(=O)Nc4ccc(OC)cc4OC)cc3[C@H]3[C@H](CCCCO)[C@@H](CCCCO)C=C(C(=NOCc4ccccc4)C[C@@H]1N(CCC)S(=O)(=O)c1ccc(NC(C)=O)cc1)[C@H]32. The molecule has 1 heterocycles. The molecule has 4 aromatic rings. The molecule has 6 atom stereocenters. The molecule has 4 aromatic carbocycles. The van der Waals surface area contributed by atoms with E-state index < -0.39 is 39.8 Å². The number of ether oxygens (including phenoxy) is 5. The molecule has 1 fully saturated rings. The first kappa shape index (κ1) is 52.6. The molecule has 1 aliphatic heterocycles. The topological polar surface area (TPSA) is 204 Å². The fraction of sp³-hybridized carbons (Fsp3) is 0.426. The summed E-state index contributed by atoms with van der Waals surface area (Å²) in [6, 6.07) is 24.8. The maximum Gasteiger partial charge on any atom is 0.417 e. The number of nitrogens with one attached hydrogen (secondary N) is 2. The Labute approximate surface area is 416 Å². The van der Waals surface area contributed by atoms with Crippen LogP contribution in [0.1, 0.15) is 82.3 Å². The van der Waals surface area contributed by atoms with E-state index in [4.69, 9.17) is 33.7 Å². The van der Waals surface area contributed by atoms with Gasteiger partial charge in [-0.15, -0.1) is 6.58 Å². The summed E-state index contributed by atoms with van der Waals surface area (Å²) in [6.45, 7) is 7.55. The van der Waals surface area contributed by atoms with E-state index in [-0.39, 0.29) is 67.8 Å². The largest absolute Gasteiger partial charge is 0.497 e. The minimum atomic E-state index is -4.33. The van der Waals surface area contributed by atoms with Gasteiger partial charge in [0.05, 0.1) is 49.1 Å². The fourth-order valence-electron chi connectivity index (χ4n) is 10.3. The van der Waals surface area contributed by atoms with Gasteiger partial charge in [0.1, 0.15) is 29.6 Å². The zero-order chi connectivity index (χ0) is 50.5. The van der Waals surface area contributed by atoms with Gasteiger partial charge >= 0.3 is 6.09 Å². The predicted octanol–water partition coefficient (Wildman–Crippen LogP) is 9.21. The van der Waals surface area contributed by atoms with Crippen molar-refractivity contribution in [2.24, 2.45) is 22.9 Å². The van der Waals surface area contributed by atoms with Gasteiger partial charge in [0.25, 0.3) is 0 Å². The number of hydrogen-bond acceptors (Lipinski definition) is 13. The Hall–Kier alpha value is -6.24. The second kappa shape index (κ2) is 24.3. The van der Waals surface area contributed by atoms with Crippen molar-refractivity contribution >= 4 is 39.1 Å². The van der Waals surface area contributed by atoms with E-state index in [1.54, 1.807) is 54.6 Å². The highest BCUT2D eigenvalue weighted by molar-refractivity contribution is 7.89. The lowest BCUT2D eigenvalue weighted by molar-refractivity contribution is -0.251. The van der Waals surface area contributed by atoms with Gasteiger partial charge in [0.15, 0.2) is 0 Å². The number of nitrogens with zero attached hydrogens (tertiary/aromatic N) is 2. The second-order valence-electron chi connectivity index (χ2n) is 17.9. The van der Waals surface area contributed by atoms with Gasteiger partial charge in [-0.1, -0.05) is 67.4 Å². The maximum atomic E-state index is 15.3. The lowest BCUT2D eigenvalue weighted by atomic mass is 9.55. The van der Waals surface area contributed by atoms with Crippen molar-refractivity contribution in [3.63, 3.8) is 0 Å². The van der Waals surface area contributed by atoms with Gasteiger partial charge in [-0.3, -0.25) is 10.1 Å². The molecule has 16 nitrogen and oxygen atoms in total. The molecule has 71 heavy (non-hydrogen) atoms. The van der Waals surface area contributed by atoms with Crippen LogP contribution in [0.25, 0.3) is 0 Å². The number of carbonyl (C=O) groups is 2. The highest BCUT2D eigenvalue weighted by atomic mass is 32.2. The molecule has 380 valence electrons. The standard InChI is InChI=1S/C54H66N4O12S/c1-6-27-58(71(63,64)42-23-19-39(20-24-42)55-36(3)61)50-34-47(57-68-35-37-15-9-8-10-16-37)44-31-38(17-11-13-28-59)43(18-12-14-29-60)51-45-32-41(22-26-48(45)70-54(50,52(44)51)67-30-7-2)69-53(62)56-46-25-21-40(65-4)33-49(46)66-5/h7-10,15-16,19-26,31-33,38,43,50-52,59-60H,2,6,11-14,17-18,27-30,34-35H2,1,3-5H3,(H,55,61)(H,56,62)/t38-,43+,50-,51+,52+,54+/m0/s1. The van der Waals surface area contributed by atoms with E-state index in [9.17, 15) is 19.8 Å². The van der Waals surface area contributed by atoms with Crippen LogP contribution >= 0.6 is 0 Å². The number of oxime groups is 1. The molecule has 0 spiro atoms. The highest BCUT2D eigenvalue weighted by Crippen LogP contribution is 2.62. The number of methoxy groups -OCH3 is 2. The Morgan fingerprint density at radius 2 is 1.65 bits per heavy atom. The van der Waals surface area contributed by atoms with Crippen LogP contribution in [0.3, 0.4) is 0 Å². The fourth-order valence-corrected chi connectivity index (χ4v) is 12.0. The van der Waals surface area contributed by atoms with Gasteiger partial charge in [-0.2, -0.15) is 4.31 Å². The molecular formula is C54H66N4O12S. The summed E-state index contributed by atoms with van der Waals surface area (Å²) >= 11 is 0. The maximum absolute atomic E-state index is 15.3. The molecule has 2 aliphatic carbocycles. The molecule has 0 radical (unpaired) electrons. The molecule has 3 aliphatic rings. The molecule has 0 saturated heterocycles. The summed E-state index contributed by atoms with van der Waals surface area (Å²) in [6.07, 6.45) is 7.45. The number of carbonyl (C=O) groups excluding carboxylic acids is 2. The number of anilines is 2. The molecule has 17 heteroatoms. The van der Waals surface area contributed by atoms with Crippen molar-refractivity contribution in [1.82, 2.24) is 4.31 Å². The van der Waals surface area contributed by atoms with Gasteiger partial charge < -0.3 is 44.1 Å². The van der Waals surface area contributed by atoms with E-state index >= 15 is 8.42 Å². The van der Waals surface area contributed by atoms with Crippen molar-refractivity contribution in [1.29, 1.82) is 0 Å². The second-order valence-corrected chi connectivity index (χ2v) is 19.8. The number of amides is 2. The van der Waals surface area contributed by atoms with Crippen molar-refractivity contribution in [3.8, 4) is 23.0 Å². The normalized spacial score (nSPS) is 21.8. The van der Waals surface area contributed by atoms with Crippen LogP contribution < -0.4 is 29.6 Å². The number of rotatable bonds is 24. The summed E-state index contributed by atoms with van der Waals surface area (Å²) < 4.78 is 63.4. The summed E-state index contributed by atoms with van der Waals surface area (Å²) in [5, 5.41) is 30.4. The lowest BCUT2D eigenvalue weighted by Crippen LogP contribution is -2.70. The number of fused-ring (bicyclic) bond motifs is 2. The summed E-state index contributed by atoms with van der Waals surface area (Å²) in [7, 11) is -1.31. The van der Waals surface area contributed by atoms with Crippen molar-refractivity contribution in [2.45, 2.75) is 94.5 Å². The summed E-state index contributed by atoms with van der Waals surface area (Å²) in [5.41, 5.74) is 3.74. The number of aliphatic hydroxyl groups is 2. The van der Waals surface area contributed by atoms with Crippen LogP contribution in [0.5, 0.6) is 23.0 Å². The van der Waals surface area contributed by atoms with Gasteiger partial charge in [0.2, 0.25) is 21.7 Å². The van der Waals surface area contributed by atoms with Crippen LogP contribution in [0.2, 0.25) is 0 Å². The average molecular weight is 995 g/mol. The van der Waals surface area contributed by atoms with Crippen molar-refractivity contribution in [2.75, 3.05) is 51.2 Å². The number of unbranched alkanes of at least 4 members (excludes halogenated alkanes) is 2. The Balaban J connectivity index is 1.42. The first-order valence-corrected chi connectivity index (χ1v) is 25.7. The van der Waals surface area contributed by atoms with Crippen LogP contribution in [-0.2, 0) is 31.0 Å². The smallest absolute Gasteiger partial charge is 0.417 e. The Morgan fingerprint density at radius 1 is 0.915 bits per heavy atom. The summed E-state index contributed by atoms with van der Waals surface area (Å²) in [4.78, 5) is 31.8. The molecule has 4 N–H and O–H groups in total. The zero-order valence-corrected chi connectivity index (χ0v) is 41.7. The molecular weight excluding hydrogens is 929 g/mol. The number of benzene rings is 4. The van der Waals surface area contributed by atoms with Gasteiger partial charge in [-0.25, -0.2) is 13.2 Å². The summed E-state index contributed by atoms with van der Waals surface area (Å²) in [5.74, 6) is -1.82. The van der Waals surface area contributed by atoms with Gasteiger partial charge in [-0.05, 0) is 110 Å². The Morgan fingerprint density at radius 3 is 2.32 bits per heavy atom. The quantitative estimate of drug-likeness (QED) is 0.0295. The predicted molar refractivity (Wildman–Crippen MR) is 270 cm³/mol. The third-order valence-corrected chi connectivity index (χ3v) is 15.2. The molecule has 0 unspecified atom stereocenters. The third kappa shape index (κ3) is 11.9. The molecule has 2 amide bonds. The zero-order valence-electron chi connectivity index (χ0n) is 40.9. The number of aliphatic hydroxyl groups excluding tert-OH is 2. The van der Waals surface area contributed by atoms with Crippen LogP contribution in [-0.4, -0.2) is 93.1 Å². The third-order valence-electron chi connectivity index (χ3n) is 13.3. The molecule has 1 saturated carbocycles. The number of allylic oxidation sites excluding steroid dienone is 1. The van der Waals surface area contributed by atoms with E-state index in [2.05, 4.69) is 23.3 Å². The van der Waals surface area contributed by atoms with Crippen LogP contribution in [0.4, 0.5) is 16.2 Å². The molecule has 7 rings (SSSR count). The van der Waals surface area contributed by atoms with E-state index in [1.807, 2.05) is 37.3 Å². The number of hydrogen-bond donors (Lipinski definition) is 4. The Kier molecular flexibility index (Phi) is 18.0. The minimum Gasteiger partial charge on any atom is -0.497 e. The lowest BCUT2D eigenvalue weighted by Gasteiger charge is -2.59. The molecule has 0 bridgehead atoms. The first-order chi connectivity index (χ1) is 34.4.